The molecule has 3 aromatic rings. The molecule has 3 heterocycles. The van der Waals surface area contributed by atoms with Gasteiger partial charge in [-0.3, -0.25) is 9.69 Å². The zero-order valence-corrected chi connectivity index (χ0v) is 15.6. The Morgan fingerprint density at radius 1 is 1.27 bits per heavy atom. The number of rotatable bonds is 5. The standard InChI is InChI=1S/C21H26N4O/c1-3-25-12-9-18-16(6-4-8-19(18)25)14-24-11-5-7-17(15-24)20(26)21-22-10-13-23(21)2/h4,6,8-10,12-13,17H,3,5,7,11,14-15H2,1-2H3/t17-/m0/s1. The summed E-state index contributed by atoms with van der Waals surface area (Å²) in [5, 5.41) is 1.33. The van der Waals surface area contributed by atoms with Crippen molar-refractivity contribution in [3.63, 3.8) is 0 Å². The van der Waals surface area contributed by atoms with E-state index in [9.17, 15) is 4.79 Å². The molecule has 26 heavy (non-hydrogen) atoms. The summed E-state index contributed by atoms with van der Waals surface area (Å²) in [6.45, 7) is 5.92. The Hall–Kier alpha value is -2.40. The van der Waals surface area contributed by atoms with Crippen molar-refractivity contribution in [2.24, 2.45) is 13.0 Å². The summed E-state index contributed by atoms with van der Waals surface area (Å²) in [5.41, 5.74) is 2.64. The van der Waals surface area contributed by atoms with E-state index in [1.165, 1.54) is 16.5 Å². The van der Waals surface area contributed by atoms with Gasteiger partial charge < -0.3 is 9.13 Å². The van der Waals surface area contributed by atoms with Crippen molar-refractivity contribution in [1.29, 1.82) is 0 Å². The van der Waals surface area contributed by atoms with Gasteiger partial charge in [0.15, 0.2) is 5.82 Å². The molecule has 0 radical (unpaired) electrons. The minimum atomic E-state index is 0.0456. The molecule has 1 aliphatic heterocycles. The summed E-state index contributed by atoms with van der Waals surface area (Å²) >= 11 is 0. The van der Waals surface area contributed by atoms with Crippen molar-refractivity contribution in [3.8, 4) is 0 Å². The Bertz CT molecular complexity index is 923. The van der Waals surface area contributed by atoms with Crippen LogP contribution in [-0.4, -0.2) is 37.9 Å². The first-order valence-corrected chi connectivity index (χ1v) is 9.48. The zero-order valence-electron chi connectivity index (χ0n) is 15.6. The van der Waals surface area contributed by atoms with Gasteiger partial charge in [0.25, 0.3) is 0 Å². The summed E-state index contributed by atoms with van der Waals surface area (Å²) in [6, 6.07) is 8.76. The number of hydrogen-bond acceptors (Lipinski definition) is 3. The first kappa shape index (κ1) is 17.0. The Balaban J connectivity index is 1.51. The van der Waals surface area contributed by atoms with Crippen LogP contribution in [-0.2, 0) is 20.1 Å². The van der Waals surface area contributed by atoms with Gasteiger partial charge in [0.1, 0.15) is 0 Å². The Morgan fingerprint density at radius 3 is 2.92 bits per heavy atom. The van der Waals surface area contributed by atoms with Gasteiger partial charge in [-0.15, -0.1) is 0 Å². The highest BCUT2D eigenvalue weighted by Gasteiger charge is 2.28. The molecule has 0 aliphatic carbocycles. The third-order valence-corrected chi connectivity index (χ3v) is 5.56. The van der Waals surface area contributed by atoms with Crippen molar-refractivity contribution in [3.05, 3.63) is 54.2 Å². The summed E-state index contributed by atoms with van der Waals surface area (Å²) in [6.07, 6.45) is 7.73. The van der Waals surface area contributed by atoms with E-state index in [4.69, 9.17) is 0 Å². The summed E-state index contributed by atoms with van der Waals surface area (Å²) < 4.78 is 4.11. The first-order chi connectivity index (χ1) is 12.7. The van der Waals surface area contributed by atoms with E-state index in [1.807, 2.05) is 17.8 Å². The molecule has 2 aromatic heterocycles. The van der Waals surface area contributed by atoms with Gasteiger partial charge in [-0.1, -0.05) is 12.1 Å². The number of fused-ring (bicyclic) bond motifs is 1. The lowest BCUT2D eigenvalue weighted by molar-refractivity contribution is 0.0798. The van der Waals surface area contributed by atoms with E-state index in [1.54, 1.807) is 6.20 Å². The maximum atomic E-state index is 12.8. The van der Waals surface area contributed by atoms with Gasteiger partial charge in [-0.25, -0.2) is 4.98 Å². The molecule has 1 fully saturated rings. The lowest BCUT2D eigenvalue weighted by Gasteiger charge is -2.32. The van der Waals surface area contributed by atoms with Crippen LogP contribution in [0, 0.1) is 5.92 Å². The molecule has 1 atom stereocenters. The van der Waals surface area contributed by atoms with Crippen LogP contribution >= 0.6 is 0 Å². The number of piperidine rings is 1. The van der Waals surface area contributed by atoms with E-state index in [-0.39, 0.29) is 11.7 Å². The van der Waals surface area contributed by atoms with Gasteiger partial charge in [0, 0.05) is 62.1 Å². The smallest absolute Gasteiger partial charge is 0.202 e. The Kier molecular flexibility index (Phi) is 4.64. The average molecular weight is 350 g/mol. The van der Waals surface area contributed by atoms with Crippen LogP contribution in [0.3, 0.4) is 0 Å². The molecule has 5 nitrogen and oxygen atoms in total. The molecule has 0 N–H and O–H groups in total. The number of carbonyl (C=O) groups excluding carboxylic acids is 1. The molecule has 0 amide bonds. The van der Waals surface area contributed by atoms with Crippen LogP contribution in [0.1, 0.15) is 35.9 Å². The topological polar surface area (TPSA) is 43.1 Å². The number of ketones is 1. The van der Waals surface area contributed by atoms with Crippen molar-refractivity contribution < 1.29 is 4.79 Å². The first-order valence-electron chi connectivity index (χ1n) is 9.48. The quantitative estimate of drug-likeness (QED) is 0.662. The highest BCUT2D eigenvalue weighted by molar-refractivity contribution is 5.95. The molecule has 136 valence electrons. The molecule has 5 heteroatoms. The second-order valence-electron chi connectivity index (χ2n) is 7.25. The average Bonchev–Trinajstić information content (AvgIpc) is 3.28. The molecular weight excluding hydrogens is 324 g/mol. The Morgan fingerprint density at radius 2 is 2.15 bits per heavy atom. The van der Waals surface area contributed by atoms with Crippen LogP contribution in [0.5, 0.6) is 0 Å². The highest BCUT2D eigenvalue weighted by Crippen LogP contribution is 2.25. The van der Waals surface area contributed by atoms with Crippen LogP contribution < -0.4 is 0 Å². The van der Waals surface area contributed by atoms with Crippen LogP contribution in [0.4, 0.5) is 0 Å². The van der Waals surface area contributed by atoms with Crippen LogP contribution in [0.25, 0.3) is 10.9 Å². The highest BCUT2D eigenvalue weighted by atomic mass is 16.1. The van der Waals surface area contributed by atoms with E-state index in [0.29, 0.717) is 5.82 Å². The number of hydrogen-bond donors (Lipinski definition) is 0. The minimum absolute atomic E-state index is 0.0456. The fourth-order valence-electron chi connectivity index (χ4n) is 4.14. The number of likely N-dealkylation sites (tertiary alicyclic amines) is 1. The lowest BCUT2D eigenvalue weighted by Crippen LogP contribution is -2.38. The fraction of sp³-hybridized carbons (Fsp3) is 0.429. The van der Waals surface area contributed by atoms with Gasteiger partial charge in [-0.2, -0.15) is 0 Å². The van der Waals surface area contributed by atoms with E-state index in [0.717, 1.165) is 39.0 Å². The number of carbonyl (C=O) groups is 1. The maximum Gasteiger partial charge on any atom is 0.202 e. The molecular formula is C21H26N4O. The van der Waals surface area contributed by atoms with Gasteiger partial charge in [-0.05, 0) is 44.0 Å². The second kappa shape index (κ2) is 7.08. The summed E-state index contributed by atoms with van der Waals surface area (Å²) in [5.74, 6) is 0.806. The normalized spacial score (nSPS) is 18.5. The molecule has 4 rings (SSSR count). The van der Waals surface area contributed by atoms with Gasteiger partial charge in [0.2, 0.25) is 5.78 Å². The monoisotopic (exact) mass is 350 g/mol. The third kappa shape index (κ3) is 3.07. The van der Waals surface area contributed by atoms with Crippen molar-refractivity contribution in [1.82, 2.24) is 19.0 Å². The number of aryl methyl sites for hydroxylation is 2. The predicted octanol–water partition coefficient (Wildman–Crippen LogP) is 3.49. The molecule has 0 bridgehead atoms. The largest absolute Gasteiger partial charge is 0.348 e. The number of benzene rings is 1. The van der Waals surface area contributed by atoms with Crippen LogP contribution in [0.15, 0.2) is 42.9 Å². The zero-order chi connectivity index (χ0) is 18.1. The summed E-state index contributed by atoms with van der Waals surface area (Å²) in [7, 11) is 1.89. The van der Waals surface area contributed by atoms with Gasteiger partial charge >= 0.3 is 0 Å². The fourth-order valence-corrected chi connectivity index (χ4v) is 4.14. The van der Waals surface area contributed by atoms with Crippen molar-refractivity contribution >= 4 is 16.7 Å². The van der Waals surface area contributed by atoms with E-state index in [2.05, 4.69) is 51.8 Å². The van der Waals surface area contributed by atoms with Crippen molar-refractivity contribution in [2.45, 2.75) is 32.9 Å². The predicted molar refractivity (Wildman–Crippen MR) is 103 cm³/mol. The molecule has 0 spiro atoms. The molecule has 1 saturated heterocycles. The second-order valence-corrected chi connectivity index (χ2v) is 7.25. The van der Waals surface area contributed by atoms with E-state index < -0.39 is 0 Å². The lowest BCUT2D eigenvalue weighted by atomic mass is 9.92. The minimum Gasteiger partial charge on any atom is -0.348 e. The molecule has 1 aliphatic rings. The number of Topliss-reactive ketones (excluding diaryl/α,β-unsaturated/α-hetero) is 1. The number of aromatic nitrogens is 3. The van der Waals surface area contributed by atoms with E-state index >= 15 is 0 Å². The van der Waals surface area contributed by atoms with Crippen molar-refractivity contribution in [2.75, 3.05) is 13.1 Å². The molecule has 1 aromatic carbocycles. The Labute approximate surface area is 154 Å². The SMILES string of the molecule is CCn1ccc2c(CN3CCC[C@H](C(=O)c4nccn4C)C3)cccc21. The number of imidazole rings is 1. The number of nitrogens with zero attached hydrogens (tertiary/aromatic N) is 4. The van der Waals surface area contributed by atoms with Crippen LogP contribution in [0.2, 0.25) is 0 Å². The summed E-state index contributed by atoms with van der Waals surface area (Å²) in [4.78, 5) is 19.5. The molecule has 0 unspecified atom stereocenters. The molecule has 0 saturated carbocycles. The third-order valence-electron chi connectivity index (χ3n) is 5.56. The maximum absolute atomic E-state index is 12.8. The van der Waals surface area contributed by atoms with Gasteiger partial charge in [0.05, 0.1) is 0 Å².